The van der Waals surface area contributed by atoms with E-state index >= 15 is 0 Å². The summed E-state index contributed by atoms with van der Waals surface area (Å²) in [6.07, 6.45) is 8.59. The van der Waals surface area contributed by atoms with Crippen LogP contribution in [-0.2, 0) is 12.8 Å². The van der Waals surface area contributed by atoms with Crippen LogP contribution in [0.15, 0.2) is 73.3 Å². The van der Waals surface area contributed by atoms with E-state index in [0.717, 1.165) is 29.9 Å². The molecule has 27 heavy (non-hydrogen) atoms. The first kappa shape index (κ1) is 18.9. The number of para-hydroxylation sites is 1. The molecule has 2 aromatic rings. The highest BCUT2D eigenvalue weighted by atomic mass is 16.5. The predicted molar refractivity (Wildman–Crippen MR) is 106 cm³/mol. The Morgan fingerprint density at radius 3 is 2.67 bits per heavy atom. The smallest absolute Gasteiger partial charge is 0.122 e. The molecule has 5 heteroatoms. The van der Waals surface area contributed by atoms with Crippen LogP contribution in [0.4, 0.5) is 0 Å². The molecule has 1 unspecified atom stereocenters. The minimum Gasteiger partial charge on any atom is -0.497 e. The van der Waals surface area contributed by atoms with Crippen LogP contribution in [0.1, 0.15) is 11.1 Å². The molecule has 0 saturated heterocycles. The maximum Gasteiger partial charge on any atom is 0.122 e. The van der Waals surface area contributed by atoms with E-state index in [2.05, 4.69) is 23.5 Å². The van der Waals surface area contributed by atoms with Crippen molar-refractivity contribution in [1.29, 1.82) is 0 Å². The topological polar surface area (TPSA) is 54.0 Å². The van der Waals surface area contributed by atoms with E-state index in [1.807, 2.05) is 60.0 Å². The zero-order chi connectivity index (χ0) is 18.9. The number of benzene rings is 2. The number of aliphatic hydroxyl groups is 1. The summed E-state index contributed by atoms with van der Waals surface area (Å²) in [7, 11) is 1.68. The second-order valence-corrected chi connectivity index (χ2v) is 6.42. The van der Waals surface area contributed by atoms with Crippen LogP contribution in [0.5, 0.6) is 11.5 Å². The number of aliphatic hydroxyl groups excluding tert-OH is 1. The third-order valence-corrected chi connectivity index (χ3v) is 4.37. The fourth-order valence-corrected chi connectivity index (χ4v) is 2.94. The molecule has 1 aliphatic rings. The van der Waals surface area contributed by atoms with Crippen molar-refractivity contribution >= 4 is 0 Å². The summed E-state index contributed by atoms with van der Waals surface area (Å²) < 4.78 is 11.2. The standard InChI is InChI=1S/C22H26N2O3/c1-26-21-7-4-5-18(15-21)9-10-19-6-2-3-8-22(19)27-17-20(25)16-24-13-11-23-12-14-24/h2-8,11-15,20,23,25H,9-10,16-17H2,1H3. The minimum absolute atomic E-state index is 0.252. The van der Waals surface area contributed by atoms with Crippen LogP contribution in [0.25, 0.3) is 0 Å². The second-order valence-electron chi connectivity index (χ2n) is 6.42. The number of nitrogens with zero attached hydrogens (tertiary/aromatic N) is 1. The highest BCUT2D eigenvalue weighted by Gasteiger charge is 2.11. The summed E-state index contributed by atoms with van der Waals surface area (Å²) in [5, 5.41) is 13.2. The fourth-order valence-electron chi connectivity index (χ4n) is 2.94. The number of aryl methyl sites for hydroxylation is 2. The Kier molecular flexibility index (Phi) is 6.77. The van der Waals surface area contributed by atoms with E-state index in [-0.39, 0.29) is 6.61 Å². The van der Waals surface area contributed by atoms with Crippen molar-refractivity contribution in [2.75, 3.05) is 20.3 Å². The van der Waals surface area contributed by atoms with E-state index in [4.69, 9.17) is 9.47 Å². The van der Waals surface area contributed by atoms with Gasteiger partial charge in [0.25, 0.3) is 0 Å². The molecular formula is C22H26N2O3. The maximum atomic E-state index is 10.3. The molecule has 1 heterocycles. The van der Waals surface area contributed by atoms with Gasteiger partial charge in [-0.1, -0.05) is 30.3 Å². The molecule has 0 radical (unpaired) electrons. The maximum absolute atomic E-state index is 10.3. The van der Waals surface area contributed by atoms with Crippen LogP contribution in [0.2, 0.25) is 0 Å². The Labute approximate surface area is 160 Å². The van der Waals surface area contributed by atoms with E-state index < -0.39 is 6.10 Å². The number of hydrogen-bond acceptors (Lipinski definition) is 5. The van der Waals surface area contributed by atoms with E-state index in [9.17, 15) is 5.11 Å². The van der Waals surface area contributed by atoms with Gasteiger partial charge in [0.1, 0.15) is 24.2 Å². The van der Waals surface area contributed by atoms with Crippen LogP contribution in [0.3, 0.4) is 0 Å². The van der Waals surface area contributed by atoms with Gasteiger partial charge in [-0.05, 0) is 42.2 Å². The van der Waals surface area contributed by atoms with Gasteiger partial charge in [0, 0.05) is 24.8 Å². The van der Waals surface area contributed by atoms with Crippen LogP contribution >= 0.6 is 0 Å². The van der Waals surface area contributed by atoms with E-state index in [1.54, 1.807) is 7.11 Å². The normalized spacial score (nSPS) is 13.9. The molecule has 2 aromatic carbocycles. The average Bonchev–Trinajstić information content (AvgIpc) is 2.72. The molecule has 0 amide bonds. The van der Waals surface area contributed by atoms with Gasteiger partial charge in [-0.25, -0.2) is 0 Å². The van der Waals surface area contributed by atoms with Gasteiger partial charge in [0.05, 0.1) is 13.7 Å². The molecule has 142 valence electrons. The SMILES string of the molecule is COc1cccc(CCc2ccccc2OCC(O)CN2C=CNC=C2)c1. The van der Waals surface area contributed by atoms with Crippen molar-refractivity contribution in [2.24, 2.45) is 0 Å². The first-order chi connectivity index (χ1) is 13.2. The molecule has 0 fully saturated rings. The Morgan fingerprint density at radius 2 is 1.85 bits per heavy atom. The molecule has 0 spiro atoms. The zero-order valence-electron chi connectivity index (χ0n) is 15.5. The summed E-state index contributed by atoms with van der Waals surface area (Å²) in [6.45, 7) is 0.739. The largest absolute Gasteiger partial charge is 0.497 e. The Morgan fingerprint density at radius 1 is 1.04 bits per heavy atom. The number of β-amino-alcohol motifs (C(OH)–C–C–N with tert-alkyl or cyclic N) is 1. The minimum atomic E-state index is -0.580. The van der Waals surface area contributed by atoms with E-state index in [0.29, 0.717) is 6.54 Å². The van der Waals surface area contributed by atoms with Crippen LogP contribution < -0.4 is 14.8 Å². The monoisotopic (exact) mass is 366 g/mol. The second kappa shape index (κ2) is 9.69. The highest BCUT2D eigenvalue weighted by molar-refractivity contribution is 5.35. The van der Waals surface area contributed by atoms with Crippen molar-refractivity contribution in [3.8, 4) is 11.5 Å². The van der Waals surface area contributed by atoms with Gasteiger partial charge in [0.15, 0.2) is 0 Å². The van der Waals surface area contributed by atoms with Gasteiger partial charge < -0.3 is 24.8 Å². The fraction of sp³-hybridized carbons (Fsp3) is 0.273. The third kappa shape index (κ3) is 5.79. The molecule has 0 bridgehead atoms. The van der Waals surface area contributed by atoms with Crippen molar-refractivity contribution in [2.45, 2.75) is 18.9 Å². The summed E-state index contributed by atoms with van der Waals surface area (Å²) in [5.74, 6) is 1.70. The van der Waals surface area contributed by atoms with E-state index in [1.165, 1.54) is 5.56 Å². The third-order valence-electron chi connectivity index (χ3n) is 4.37. The zero-order valence-corrected chi connectivity index (χ0v) is 15.5. The summed E-state index contributed by atoms with van der Waals surface area (Å²) in [6, 6.07) is 16.1. The van der Waals surface area contributed by atoms with Crippen molar-refractivity contribution in [3.05, 3.63) is 84.5 Å². The highest BCUT2D eigenvalue weighted by Crippen LogP contribution is 2.21. The van der Waals surface area contributed by atoms with Gasteiger partial charge >= 0.3 is 0 Å². The lowest BCUT2D eigenvalue weighted by atomic mass is 10.0. The summed E-state index contributed by atoms with van der Waals surface area (Å²) >= 11 is 0. The van der Waals surface area contributed by atoms with Crippen LogP contribution in [-0.4, -0.2) is 36.4 Å². The lowest BCUT2D eigenvalue weighted by Gasteiger charge is -2.22. The number of nitrogens with one attached hydrogen (secondary N) is 1. The average molecular weight is 366 g/mol. The summed E-state index contributed by atoms with van der Waals surface area (Å²) in [5.41, 5.74) is 2.36. The molecule has 1 atom stereocenters. The van der Waals surface area contributed by atoms with Crippen molar-refractivity contribution < 1.29 is 14.6 Å². The molecule has 1 aliphatic heterocycles. The molecule has 0 saturated carbocycles. The first-order valence-corrected chi connectivity index (χ1v) is 9.11. The van der Waals surface area contributed by atoms with Gasteiger partial charge in [-0.15, -0.1) is 0 Å². The summed E-state index contributed by atoms with van der Waals surface area (Å²) in [4.78, 5) is 1.92. The lowest BCUT2D eigenvalue weighted by molar-refractivity contribution is 0.0904. The molecule has 2 N–H and O–H groups in total. The number of hydrogen-bond donors (Lipinski definition) is 2. The number of rotatable bonds is 9. The Hall–Kier alpha value is -2.92. The number of methoxy groups -OCH3 is 1. The Bertz CT molecular complexity index is 777. The molecule has 5 nitrogen and oxygen atoms in total. The van der Waals surface area contributed by atoms with Gasteiger partial charge in [0.2, 0.25) is 0 Å². The molecule has 0 aromatic heterocycles. The van der Waals surface area contributed by atoms with Gasteiger partial charge in [-0.2, -0.15) is 0 Å². The predicted octanol–water partition coefficient (Wildman–Crippen LogP) is 3.07. The first-order valence-electron chi connectivity index (χ1n) is 9.11. The van der Waals surface area contributed by atoms with Crippen molar-refractivity contribution in [3.63, 3.8) is 0 Å². The van der Waals surface area contributed by atoms with Crippen LogP contribution in [0, 0.1) is 0 Å². The lowest BCUT2D eigenvalue weighted by Crippen LogP contribution is -2.31. The number of ether oxygens (including phenoxy) is 2. The quantitative estimate of drug-likeness (QED) is 0.714. The van der Waals surface area contributed by atoms with Gasteiger partial charge in [-0.3, -0.25) is 0 Å². The molecule has 3 rings (SSSR count). The molecular weight excluding hydrogens is 340 g/mol. The molecule has 0 aliphatic carbocycles. The Balaban J connectivity index is 1.54. The van der Waals surface area contributed by atoms with Crippen molar-refractivity contribution in [1.82, 2.24) is 10.2 Å².